The van der Waals surface area contributed by atoms with Crippen molar-refractivity contribution in [3.05, 3.63) is 107 Å². The van der Waals surface area contributed by atoms with Gasteiger partial charge in [0, 0.05) is 27.6 Å². The van der Waals surface area contributed by atoms with E-state index in [-0.39, 0.29) is 5.41 Å². The second-order valence-corrected chi connectivity index (χ2v) is 9.86. The fourth-order valence-corrected chi connectivity index (χ4v) is 4.73. The number of aromatic nitrogens is 4. The highest BCUT2D eigenvalue weighted by Gasteiger charge is 2.30. The summed E-state index contributed by atoms with van der Waals surface area (Å²) in [4.78, 5) is 17.0. The van der Waals surface area contributed by atoms with Gasteiger partial charge in [-0.3, -0.25) is 0 Å². The molecule has 4 nitrogen and oxygen atoms in total. The molecule has 0 aliphatic carbocycles. The molecule has 2 aliphatic heterocycles. The number of rotatable bonds is 1. The Morgan fingerprint density at radius 2 is 1.18 bits per heavy atom. The molecule has 8 bridgehead atoms. The standard InChI is InChI=1S/C30H26N4/c1-30(2,3)29-27-18-25-14-12-23(33-25)16-21-10-9-20(31-21)15-22-11-13-24(32-22)17-26(34-27)28(29)19-7-5-4-6-8-19/h4-18,31-32H,1-3H3. The van der Waals surface area contributed by atoms with Crippen LogP contribution >= 0.6 is 0 Å². The second-order valence-electron chi connectivity index (χ2n) is 9.86. The largest absolute Gasteiger partial charge is 0.355 e. The van der Waals surface area contributed by atoms with Gasteiger partial charge < -0.3 is 9.97 Å². The van der Waals surface area contributed by atoms with Gasteiger partial charge in [0.05, 0.1) is 22.8 Å². The van der Waals surface area contributed by atoms with Crippen LogP contribution in [0.1, 0.15) is 49.1 Å². The van der Waals surface area contributed by atoms with Crippen LogP contribution in [0.15, 0.2) is 78.9 Å². The Hall–Kier alpha value is -4.18. The van der Waals surface area contributed by atoms with Crippen LogP contribution in [0.4, 0.5) is 0 Å². The molecule has 34 heavy (non-hydrogen) atoms. The first-order valence-corrected chi connectivity index (χ1v) is 11.6. The van der Waals surface area contributed by atoms with Gasteiger partial charge in [-0.1, -0.05) is 51.1 Å². The highest BCUT2D eigenvalue weighted by atomic mass is 14.8. The van der Waals surface area contributed by atoms with Crippen molar-refractivity contribution in [1.82, 2.24) is 19.9 Å². The zero-order valence-electron chi connectivity index (χ0n) is 19.6. The number of hydrogen-bond acceptors (Lipinski definition) is 2. The summed E-state index contributed by atoms with van der Waals surface area (Å²) in [6.45, 7) is 6.76. The molecule has 0 saturated heterocycles. The zero-order valence-corrected chi connectivity index (χ0v) is 19.6. The Bertz CT molecular complexity index is 1620. The van der Waals surface area contributed by atoms with Crippen LogP contribution in [0.25, 0.3) is 45.4 Å². The van der Waals surface area contributed by atoms with E-state index in [1.165, 1.54) is 16.7 Å². The van der Waals surface area contributed by atoms with E-state index < -0.39 is 0 Å². The van der Waals surface area contributed by atoms with Gasteiger partial charge in [0.2, 0.25) is 0 Å². The number of fused-ring (bicyclic) bond motifs is 8. The van der Waals surface area contributed by atoms with Gasteiger partial charge in [0.1, 0.15) is 0 Å². The molecular weight excluding hydrogens is 416 g/mol. The highest BCUT2D eigenvalue weighted by Crippen LogP contribution is 2.45. The van der Waals surface area contributed by atoms with Gasteiger partial charge in [0.15, 0.2) is 0 Å². The van der Waals surface area contributed by atoms with Crippen LogP contribution in [0.5, 0.6) is 0 Å². The number of hydrogen-bond donors (Lipinski definition) is 2. The fraction of sp³-hybridized carbons (Fsp3) is 0.133. The van der Waals surface area contributed by atoms with E-state index >= 15 is 0 Å². The molecule has 5 heterocycles. The Balaban J connectivity index is 1.73. The minimum atomic E-state index is -0.102. The van der Waals surface area contributed by atoms with E-state index in [1.807, 2.05) is 0 Å². The first kappa shape index (κ1) is 20.4. The third-order valence-electron chi connectivity index (χ3n) is 6.15. The number of aromatic amines is 2. The molecule has 0 atom stereocenters. The molecule has 4 heteroatoms. The summed E-state index contributed by atoms with van der Waals surface area (Å²) in [5.74, 6) is 0. The smallest absolute Gasteiger partial charge is 0.0739 e. The zero-order chi connectivity index (χ0) is 23.3. The summed E-state index contributed by atoms with van der Waals surface area (Å²) in [7, 11) is 0. The van der Waals surface area contributed by atoms with Gasteiger partial charge in [-0.15, -0.1) is 0 Å². The lowest BCUT2D eigenvalue weighted by atomic mass is 9.80. The quantitative estimate of drug-likeness (QED) is 0.282. The molecule has 3 aromatic heterocycles. The van der Waals surface area contributed by atoms with Crippen LogP contribution in [0.3, 0.4) is 0 Å². The van der Waals surface area contributed by atoms with Gasteiger partial charge >= 0.3 is 0 Å². The Labute approximate surface area is 198 Å². The Morgan fingerprint density at radius 3 is 1.82 bits per heavy atom. The fourth-order valence-electron chi connectivity index (χ4n) is 4.73. The highest BCUT2D eigenvalue weighted by molar-refractivity contribution is 6.01. The topological polar surface area (TPSA) is 57.4 Å². The van der Waals surface area contributed by atoms with Gasteiger partial charge in [-0.2, -0.15) is 0 Å². The van der Waals surface area contributed by atoms with Crippen molar-refractivity contribution in [3.63, 3.8) is 0 Å². The lowest BCUT2D eigenvalue weighted by Crippen LogP contribution is -2.09. The van der Waals surface area contributed by atoms with E-state index in [0.29, 0.717) is 0 Å². The summed E-state index contributed by atoms with van der Waals surface area (Å²) in [6, 6.07) is 27.4. The number of allylic oxidation sites excluding steroid dienone is 1. The molecule has 0 saturated carbocycles. The van der Waals surface area contributed by atoms with E-state index in [1.54, 1.807) is 0 Å². The summed E-state index contributed by atoms with van der Waals surface area (Å²) >= 11 is 0. The minimum Gasteiger partial charge on any atom is -0.355 e. The van der Waals surface area contributed by atoms with E-state index in [0.717, 1.165) is 44.8 Å². The van der Waals surface area contributed by atoms with E-state index in [2.05, 4.69) is 122 Å². The van der Waals surface area contributed by atoms with E-state index in [9.17, 15) is 0 Å². The summed E-state index contributed by atoms with van der Waals surface area (Å²) in [6.07, 6.45) is 4.11. The Kier molecular flexibility index (Phi) is 4.63. The third-order valence-corrected chi connectivity index (χ3v) is 6.15. The normalized spacial score (nSPS) is 13.5. The predicted molar refractivity (Wildman–Crippen MR) is 142 cm³/mol. The van der Waals surface area contributed by atoms with Gasteiger partial charge in [-0.25, -0.2) is 9.97 Å². The molecule has 0 radical (unpaired) electrons. The van der Waals surface area contributed by atoms with Crippen LogP contribution in [0, 0.1) is 5.41 Å². The molecule has 0 unspecified atom stereocenters. The van der Waals surface area contributed by atoms with Crippen molar-refractivity contribution >= 4 is 45.4 Å². The van der Waals surface area contributed by atoms with E-state index in [4.69, 9.17) is 9.97 Å². The minimum absolute atomic E-state index is 0.102. The summed E-state index contributed by atoms with van der Waals surface area (Å²) < 4.78 is 0. The molecule has 2 N–H and O–H groups in total. The predicted octanol–water partition coefficient (Wildman–Crippen LogP) is 7.49. The average molecular weight is 443 g/mol. The lowest BCUT2D eigenvalue weighted by molar-refractivity contribution is 0.568. The van der Waals surface area contributed by atoms with Crippen molar-refractivity contribution < 1.29 is 0 Å². The molecule has 2 aliphatic rings. The maximum atomic E-state index is 5.16. The first-order valence-electron chi connectivity index (χ1n) is 11.6. The first-order chi connectivity index (χ1) is 16.4. The molecule has 0 fully saturated rings. The molecule has 1 aromatic carbocycles. The molecule has 0 amide bonds. The van der Waals surface area contributed by atoms with Crippen LogP contribution in [0.2, 0.25) is 0 Å². The van der Waals surface area contributed by atoms with Crippen LogP contribution in [-0.2, 0) is 0 Å². The summed E-state index contributed by atoms with van der Waals surface area (Å²) in [5, 5.41) is 0. The van der Waals surface area contributed by atoms with Crippen molar-refractivity contribution in [2.24, 2.45) is 5.41 Å². The SMILES string of the molecule is CC(C)(C)C1=C(c2ccccc2)c2cc3ccc(cc4ccc(cc5nc(cc1n2)C=C5)[nH]4)[nH]3. The molecule has 166 valence electrons. The molecule has 6 rings (SSSR count). The number of H-pyrrole nitrogens is 2. The van der Waals surface area contributed by atoms with Crippen LogP contribution in [-0.4, -0.2) is 19.9 Å². The van der Waals surface area contributed by atoms with Gasteiger partial charge in [0.25, 0.3) is 0 Å². The maximum absolute atomic E-state index is 5.16. The van der Waals surface area contributed by atoms with Crippen molar-refractivity contribution in [3.8, 4) is 0 Å². The average Bonchev–Trinajstić information content (AvgIpc) is 3.58. The van der Waals surface area contributed by atoms with Crippen LogP contribution < -0.4 is 0 Å². The maximum Gasteiger partial charge on any atom is 0.0739 e. The van der Waals surface area contributed by atoms with Crippen molar-refractivity contribution in [2.75, 3.05) is 0 Å². The number of nitrogens with one attached hydrogen (secondary N) is 2. The molecule has 4 aromatic rings. The lowest BCUT2D eigenvalue weighted by Gasteiger charge is -2.23. The molecular formula is C30H26N4. The molecule has 0 spiro atoms. The Morgan fingerprint density at radius 1 is 0.588 bits per heavy atom. The monoisotopic (exact) mass is 442 g/mol. The third kappa shape index (κ3) is 3.77. The van der Waals surface area contributed by atoms with Crippen molar-refractivity contribution in [2.45, 2.75) is 20.8 Å². The summed E-state index contributed by atoms with van der Waals surface area (Å²) in [5.41, 5.74) is 11.4. The van der Waals surface area contributed by atoms with Crippen molar-refractivity contribution in [1.29, 1.82) is 0 Å². The second kappa shape index (κ2) is 7.70. The number of nitrogens with zero attached hydrogens (tertiary/aromatic N) is 2. The number of benzene rings is 1. The van der Waals surface area contributed by atoms with Gasteiger partial charge in [-0.05, 0) is 77.2 Å².